The Kier molecular flexibility index (Phi) is 4.34. The Hall–Kier alpha value is -0.820. The summed E-state index contributed by atoms with van der Waals surface area (Å²) in [5, 5.41) is 2.02. The molecule has 0 aromatic heterocycles. The van der Waals surface area contributed by atoms with E-state index in [0.717, 1.165) is 0 Å². The number of methoxy groups -OCH3 is 1. The van der Waals surface area contributed by atoms with Gasteiger partial charge in [-0.2, -0.15) is 13.2 Å². The quantitative estimate of drug-likeness (QED) is 0.649. The van der Waals surface area contributed by atoms with Crippen molar-refractivity contribution < 1.29 is 22.7 Å². The molecule has 1 atom stereocenters. The lowest BCUT2D eigenvalue weighted by atomic mass is 10.0. The van der Waals surface area contributed by atoms with Crippen LogP contribution >= 0.6 is 0 Å². The highest BCUT2D eigenvalue weighted by molar-refractivity contribution is 5.86. The molecule has 1 amide bonds. The van der Waals surface area contributed by atoms with Gasteiger partial charge < -0.3 is 15.8 Å². The van der Waals surface area contributed by atoms with Crippen LogP contribution in [0.5, 0.6) is 0 Å². The number of nitrogens with one attached hydrogen (secondary N) is 1. The molecular formula is C7H13F3N2O2. The number of carbonyl (C=O) groups is 1. The van der Waals surface area contributed by atoms with Crippen LogP contribution < -0.4 is 11.1 Å². The summed E-state index contributed by atoms with van der Waals surface area (Å²) in [5.74, 6) is -1.26. The third-order valence-corrected chi connectivity index (χ3v) is 1.65. The van der Waals surface area contributed by atoms with Crippen molar-refractivity contribution in [1.82, 2.24) is 5.32 Å². The summed E-state index contributed by atoms with van der Waals surface area (Å²) in [4.78, 5) is 11.0. The van der Waals surface area contributed by atoms with Crippen molar-refractivity contribution in [1.29, 1.82) is 0 Å². The maximum atomic E-state index is 12.2. The number of ether oxygens (including phenoxy) is 1. The molecule has 0 aliphatic rings. The van der Waals surface area contributed by atoms with E-state index in [1.165, 1.54) is 7.11 Å². The normalized spacial score (nSPS) is 16.1. The van der Waals surface area contributed by atoms with E-state index in [-0.39, 0.29) is 13.2 Å². The molecule has 0 aliphatic heterocycles. The van der Waals surface area contributed by atoms with Gasteiger partial charge in [0.25, 0.3) is 0 Å². The van der Waals surface area contributed by atoms with Crippen LogP contribution in [0.2, 0.25) is 0 Å². The van der Waals surface area contributed by atoms with Crippen LogP contribution in [0, 0.1) is 0 Å². The van der Waals surface area contributed by atoms with Gasteiger partial charge in [-0.15, -0.1) is 0 Å². The van der Waals surface area contributed by atoms with Gasteiger partial charge in [0, 0.05) is 13.7 Å². The number of amides is 1. The standard InChI is InChI=1S/C7H13F3N2O2/c1-6(11,7(8,9)10)5(13)12-3-4-14-2/h3-4,11H2,1-2H3,(H,12,13). The molecule has 0 spiro atoms. The van der Waals surface area contributed by atoms with Crippen LogP contribution in [-0.4, -0.2) is 37.9 Å². The number of alkyl halides is 3. The zero-order chi connectivity index (χ0) is 11.4. The topological polar surface area (TPSA) is 64.3 Å². The molecule has 0 bridgehead atoms. The van der Waals surface area contributed by atoms with Gasteiger partial charge in [-0.3, -0.25) is 4.79 Å². The smallest absolute Gasteiger partial charge is 0.383 e. The lowest BCUT2D eigenvalue weighted by Gasteiger charge is -2.25. The van der Waals surface area contributed by atoms with Crippen molar-refractivity contribution in [2.45, 2.75) is 18.6 Å². The van der Waals surface area contributed by atoms with Gasteiger partial charge in [0.2, 0.25) is 5.91 Å². The fourth-order valence-corrected chi connectivity index (χ4v) is 0.579. The third kappa shape index (κ3) is 3.15. The number of nitrogens with two attached hydrogens (primary N) is 1. The molecule has 3 N–H and O–H groups in total. The van der Waals surface area contributed by atoms with Crippen LogP contribution in [-0.2, 0) is 9.53 Å². The first-order chi connectivity index (χ1) is 6.23. The molecule has 0 heterocycles. The maximum absolute atomic E-state index is 12.2. The molecule has 0 aliphatic carbocycles. The summed E-state index contributed by atoms with van der Waals surface area (Å²) in [7, 11) is 1.37. The van der Waals surface area contributed by atoms with E-state index in [1.807, 2.05) is 5.32 Å². The molecular weight excluding hydrogens is 201 g/mol. The summed E-state index contributed by atoms with van der Waals surface area (Å²) in [6.07, 6.45) is -4.76. The average Bonchev–Trinajstić information content (AvgIpc) is 2.02. The highest BCUT2D eigenvalue weighted by atomic mass is 19.4. The monoisotopic (exact) mass is 214 g/mol. The number of rotatable bonds is 4. The SMILES string of the molecule is COCCNC(=O)C(C)(N)C(F)(F)F. The van der Waals surface area contributed by atoms with Gasteiger partial charge in [0.05, 0.1) is 6.61 Å². The molecule has 0 saturated heterocycles. The van der Waals surface area contributed by atoms with Gasteiger partial charge in [-0.1, -0.05) is 0 Å². The Labute approximate surface area is 79.6 Å². The Morgan fingerprint density at radius 3 is 2.36 bits per heavy atom. The number of hydrogen-bond donors (Lipinski definition) is 2. The van der Waals surface area contributed by atoms with Crippen LogP contribution in [0.15, 0.2) is 0 Å². The third-order valence-electron chi connectivity index (χ3n) is 1.65. The molecule has 0 aromatic rings. The zero-order valence-electron chi connectivity index (χ0n) is 7.94. The van der Waals surface area contributed by atoms with Crippen molar-refractivity contribution in [3.05, 3.63) is 0 Å². The molecule has 84 valence electrons. The Morgan fingerprint density at radius 1 is 1.50 bits per heavy atom. The van der Waals surface area contributed by atoms with Gasteiger partial charge >= 0.3 is 6.18 Å². The molecule has 0 saturated carbocycles. The van der Waals surface area contributed by atoms with Crippen molar-refractivity contribution in [3.63, 3.8) is 0 Å². The van der Waals surface area contributed by atoms with E-state index in [9.17, 15) is 18.0 Å². The highest BCUT2D eigenvalue weighted by Gasteiger charge is 2.53. The molecule has 0 fully saturated rings. The zero-order valence-corrected chi connectivity index (χ0v) is 7.94. The van der Waals surface area contributed by atoms with E-state index in [4.69, 9.17) is 5.73 Å². The first-order valence-electron chi connectivity index (χ1n) is 3.86. The van der Waals surface area contributed by atoms with E-state index in [1.54, 1.807) is 0 Å². The fourth-order valence-electron chi connectivity index (χ4n) is 0.579. The molecule has 7 heteroatoms. The summed E-state index contributed by atoms with van der Waals surface area (Å²) in [6, 6.07) is 0. The predicted molar refractivity (Wildman–Crippen MR) is 43.5 cm³/mol. The lowest BCUT2D eigenvalue weighted by Crippen LogP contribution is -2.61. The van der Waals surface area contributed by atoms with Crippen LogP contribution in [0.1, 0.15) is 6.92 Å². The van der Waals surface area contributed by atoms with Gasteiger partial charge in [0.15, 0.2) is 5.54 Å². The van der Waals surface area contributed by atoms with Crippen molar-refractivity contribution in [2.24, 2.45) is 5.73 Å². The highest BCUT2D eigenvalue weighted by Crippen LogP contribution is 2.27. The lowest BCUT2D eigenvalue weighted by molar-refractivity contribution is -0.187. The average molecular weight is 214 g/mol. The van der Waals surface area contributed by atoms with Crippen molar-refractivity contribution in [3.8, 4) is 0 Å². The van der Waals surface area contributed by atoms with E-state index < -0.39 is 17.6 Å². The summed E-state index contributed by atoms with van der Waals surface area (Å²) < 4.78 is 41.1. The van der Waals surface area contributed by atoms with Crippen LogP contribution in [0.3, 0.4) is 0 Å². The summed E-state index contributed by atoms with van der Waals surface area (Å²) >= 11 is 0. The first-order valence-corrected chi connectivity index (χ1v) is 3.86. The fraction of sp³-hybridized carbons (Fsp3) is 0.857. The molecule has 1 unspecified atom stereocenters. The van der Waals surface area contributed by atoms with Crippen molar-refractivity contribution >= 4 is 5.91 Å². The van der Waals surface area contributed by atoms with Crippen molar-refractivity contribution in [2.75, 3.05) is 20.3 Å². The minimum Gasteiger partial charge on any atom is -0.383 e. The number of hydrogen-bond acceptors (Lipinski definition) is 3. The predicted octanol–water partition coefficient (Wildman–Crippen LogP) is 0.0287. The summed E-state index contributed by atoms with van der Waals surface area (Å²) in [6.45, 7) is 0.757. The van der Waals surface area contributed by atoms with Crippen LogP contribution in [0.25, 0.3) is 0 Å². The minimum absolute atomic E-state index is 0.00178. The van der Waals surface area contributed by atoms with Gasteiger partial charge in [-0.25, -0.2) is 0 Å². The summed E-state index contributed by atoms with van der Waals surface area (Å²) in [5.41, 5.74) is 1.98. The molecule has 4 nitrogen and oxygen atoms in total. The Morgan fingerprint density at radius 2 is 2.00 bits per heavy atom. The van der Waals surface area contributed by atoms with E-state index in [2.05, 4.69) is 4.74 Å². The minimum atomic E-state index is -4.76. The second-order valence-electron chi connectivity index (χ2n) is 2.95. The number of halogens is 3. The first kappa shape index (κ1) is 13.2. The molecule has 14 heavy (non-hydrogen) atoms. The molecule has 0 aromatic carbocycles. The Balaban J connectivity index is 4.23. The molecule has 0 radical (unpaired) electrons. The van der Waals surface area contributed by atoms with Crippen LogP contribution in [0.4, 0.5) is 13.2 Å². The second kappa shape index (κ2) is 4.61. The number of carbonyl (C=O) groups excluding carboxylic acids is 1. The second-order valence-corrected chi connectivity index (χ2v) is 2.95. The van der Waals surface area contributed by atoms with E-state index in [0.29, 0.717) is 6.92 Å². The maximum Gasteiger partial charge on any atom is 0.415 e. The molecule has 0 rings (SSSR count). The van der Waals surface area contributed by atoms with E-state index >= 15 is 0 Å². The van der Waals surface area contributed by atoms with Gasteiger partial charge in [-0.05, 0) is 6.92 Å². The van der Waals surface area contributed by atoms with Gasteiger partial charge in [0.1, 0.15) is 0 Å². The largest absolute Gasteiger partial charge is 0.415 e. The Bertz CT molecular complexity index is 204.